The van der Waals surface area contributed by atoms with Crippen LogP contribution in [0.5, 0.6) is 0 Å². The Balaban J connectivity index is 3.03. The fraction of sp³-hybridized carbons (Fsp3) is 0.364. The highest BCUT2D eigenvalue weighted by atomic mass is 32.2. The van der Waals surface area contributed by atoms with Crippen LogP contribution in [-0.2, 0) is 10.0 Å². The van der Waals surface area contributed by atoms with Gasteiger partial charge < -0.3 is 10.8 Å². The minimum Gasteiger partial charge on any atom is -0.392 e. The number of aliphatic hydroxyl groups is 1. The maximum atomic E-state index is 13.3. The molecule has 0 radical (unpaired) electrons. The molecule has 2 atom stereocenters. The molecule has 0 fully saturated rings. The van der Waals surface area contributed by atoms with Crippen molar-refractivity contribution in [3.05, 3.63) is 29.6 Å². The Labute approximate surface area is 110 Å². The van der Waals surface area contributed by atoms with Crippen molar-refractivity contribution >= 4 is 10.0 Å². The van der Waals surface area contributed by atoms with Gasteiger partial charge in [-0.2, -0.15) is 5.26 Å². The largest absolute Gasteiger partial charge is 0.392 e. The molecule has 1 aromatic carbocycles. The second-order valence-corrected chi connectivity index (χ2v) is 5.72. The molecule has 0 heterocycles. The number of aliphatic hydroxyl groups excluding tert-OH is 1. The van der Waals surface area contributed by atoms with E-state index in [1.165, 1.54) is 19.1 Å². The van der Waals surface area contributed by atoms with Gasteiger partial charge in [-0.15, -0.1) is 0 Å². The fourth-order valence-electron chi connectivity index (χ4n) is 1.29. The molecule has 6 nitrogen and oxygen atoms in total. The monoisotopic (exact) mass is 287 g/mol. The average Bonchev–Trinajstić information content (AvgIpc) is 2.35. The third-order valence-electron chi connectivity index (χ3n) is 2.51. The third-order valence-corrected chi connectivity index (χ3v) is 3.97. The zero-order chi connectivity index (χ0) is 14.6. The van der Waals surface area contributed by atoms with Crippen LogP contribution >= 0.6 is 0 Å². The van der Waals surface area contributed by atoms with E-state index in [2.05, 4.69) is 4.72 Å². The molecule has 0 saturated carbocycles. The van der Waals surface area contributed by atoms with Gasteiger partial charge in [-0.3, -0.25) is 0 Å². The topological polar surface area (TPSA) is 116 Å². The van der Waals surface area contributed by atoms with Crippen LogP contribution in [0.3, 0.4) is 0 Å². The van der Waals surface area contributed by atoms with E-state index in [4.69, 9.17) is 16.1 Å². The first-order valence-electron chi connectivity index (χ1n) is 5.41. The summed E-state index contributed by atoms with van der Waals surface area (Å²) in [6, 6.07) is 4.02. The van der Waals surface area contributed by atoms with E-state index in [1.54, 1.807) is 0 Å². The molecule has 0 saturated heterocycles. The molecule has 0 aliphatic rings. The Kier molecular flexibility index (Phi) is 4.97. The van der Waals surface area contributed by atoms with Gasteiger partial charge in [0.15, 0.2) is 0 Å². The van der Waals surface area contributed by atoms with Gasteiger partial charge in [0.05, 0.1) is 6.10 Å². The van der Waals surface area contributed by atoms with Crippen molar-refractivity contribution in [3.8, 4) is 6.07 Å². The number of rotatable bonds is 5. The van der Waals surface area contributed by atoms with E-state index in [0.717, 1.165) is 12.1 Å². The molecule has 19 heavy (non-hydrogen) atoms. The second kappa shape index (κ2) is 6.08. The zero-order valence-electron chi connectivity index (χ0n) is 10.2. The van der Waals surface area contributed by atoms with Gasteiger partial charge in [-0.05, 0) is 19.1 Å². The summed E-state index contributed by atoms with van der Waals surface area (Å²) in [5.41, 5.74) is 4.93. The molecule has 0 aromatic heterocycles. The van der Waals surface area contributed by atoms with Crippen LogP contribution in [0, 0.1) is 17.1 Å². The van der Waals surface area contributed by atoms with Gasteiger partial charge in [0.25, 0.3) is 0 Å². The number of hydrogen-bond donors (Lipinski definition) is 3. The molecule has 0 bridgehead atoms. The predicted octanol–water partition coefficient (Wildman–Crippen LogP) is -0.316. The first kappa shape index (κ1) is 15.5. The van der Waals surface area contributed by atoms with Crippen LogP contribution in [0.15, 0.2) is 23.1 Å². The molecule has 1 rings (SSSR count). The van der Waals surface area contributed by atoms with Crippen molar-refractivity contribution in [1.29, 1.82) is 5.26 Å². The van der Waals surface area contributed by atoms with Crippen molar-refractivity contribution in [2.45, 2.75) is 24.0 Å². The molecule has 0 aliphatic carbocycles. The first-order chi connectivity index (χ1) is 8.79. The van der Waals surface area contributed by atoms with Crippen molar-refractivity contribution in [3.63, 3.8) is 0 Å². The van der Waals surface area contributed by atoms with Crippen LogP contribution in [0.1, 0.15) is 12.5 Å². The Hall–Kier alpha value is -1.53. The normalized spacial score (nSPS) is 14.7. The molecule has 2 unspecified atom stereocenters. The van der Waals surface area contributed by atoms with Gasteiger partial charge in [-0.25, -0.2) is 17.5 Å². The molecule has 8 heteroatoms. The van der Waals surface area contributed by atoms with E-state index in [1.807, 2.05) is 0 Å². The van der Waals surface area contributed by atoms with Gasteiger partial charge in [0, 0.05) is 12.6 Å². The highest BCUT2D eigenvalue weighted by molar-refractivity contribution is 7.89. The molecule has 104 valence electrons. The van der Waals surface area contributed by atoms with Crippen LogP contribution in [0.25, 0.3) is 0 Å². The lowest BCUT2D eigenvalue weighted by Gasteiger charge is -2.15. The lowest BCUT2D eigenvalue weighted by Crippen LogP contribution is -2.43. The van der Waals surface area contributed by atoms with Crippen molar-refractivity contribution in [2.24, 2.45) is 5.73 Å². The number of sulfonamides is 1. The minimum absolute atomic E-state index is 0.221. The maximum absolute atomic E-state index is 13.3. The van der Waals surface area contributed by atoms with Crippen LogP contribution in [0.4, 0.5) is 4.39 Å². The third kappa shape index (κ3) is 3.71. The molecule has 0 spiro atoms. The fourth-order valence-corrected chi connectivity index (χ4v) is 2.53. The Morgan fingerprint density at radius 1 is 1.58 bits per heavy atom. The summed E-state index contributed by atoms with van der Waals surface area (Å²) in [5, 5.41) is 17.9. The van der Waals surface area contributed by atoms with E-state index in [9.17, 15) is 12.8 Å². The SMILES string of the molecule is CC(O)C(N)CNS(=O)(=O)c1cccc(F)c1C#N. The number of halogens is 1. The minimum atomic E-state index is -4.06. The summed E-state index contributed by atoms with van der Waals surface area (Å²) in [4.78, 5) is -0.451. The molecule has 4 N–H and O–H groups in total. The Morgan fingerprint density at radius 3 is 2.74 bits per heavy atom. The Morgan fingerprint density at radius 2 is 2.21 bits per heavy atom. The molecule has 0 aliphatic heterocycles. The number of benzene rings is 1. The highest BCUT2D eigenvalue weighted by Crippen LogP contribution is 2.17. The van der Waals surface area contributed by atoms with E-state index in [-0.39, 0.29) is 6.54 Å². The number of nitriles is 1. The van der Waals surface area contributed by atoms with E-state index < -0.39 is 38.4 Å². The Bertz CT molecular complexity index is 596. The summed E-state index contributed by atoms with van der Waals surface area (Å²) in [7, 11) is -4.06. The first-order valence-corrected chi connectivity index (χ1v) is 6.90. The van der Waals surface area contributed by atoms with Crippen LogP contribution in [0.2, 0.25) is 0 Å². The van der Waals surface area contributed by atoms with E-state index in [0.29, 0.717) is 0 Å². The summed E-state index contributed by atoms with van der Waals surface area (Å²) < 4.78 is 39.3. The summed E-state index contributed by atoms with van der Waals surface area (Å²) in [6.07, 6.45) is -0.898. The second-order valence-electron chi connectivity index (χ2n) is 3.98. The molecule has 1 aromatic rings. The zero-order valence-corrected chi connectivity index (χ0v) is 11.0. The van der Waals surface area contributed by atoms with Crippen LogP contribution in [-0.4, -0.2) is 32.2 Å². The van der Waals surface area contributed by atoms with Gasteiger partial charge >= 0.3 is 0 Å². The standard InChI is InChI=1S/C11H14FN3O3S/c1-7(16)10(14)6-15-19(17,18)11-4-2-3-9(12)8(11)5-13/h2-4,7,10,15-16H,6,14H2,1H3. The van der Waals surface area contributed by atoms with Gasteiger partial charge in [0.2, 0.25) is 10.0 Å². The number of nitrogens with one attached hydrogen (secondary N) is 1. The van der Waals surface area contributed by atoms with Crippen molar-refractivity contribution < 1.29 is 17.9 Å². The lowest BCUT2D eigenvalue weighted by molar-refractivity contribution is 0.164. The highest BCUT2D eigenvalue weighted by Gasteiger charge is 2.22. The summed E-state index contributed by atoms with van der Waals surface area (Å²) in [5.74, 6) is -0.912. The number of nitrogens with zero attached hydrogens (tertiary/aromatic N) is 1. The summed E-state index contributed by atoms with van der Waals surface area (Å²) >= 11 is 0. The molecular formula is C11H14FN3O3S. The van der Waals surface area contributed by atoms with Crippen LogP contribution < -0.4 is 10.5 Å². The summed E-state index contributed by atoms with van der Waals surface area (Å²) in [6.45, 7) is 1.20. The molecular weight excluding hydrogens is 273 g/mol. The predicted molar refractivity (Wildman–Crippen MR) is 66.0 cm³/mol. The van der Waals surface area contributed by atoms with E-state index >= 15 is 0 Å². The number of hydrogen-bond acceptors (Lipinski definition) is 5. The van der Waals surface area contributed by atoms with Gasteiger partial charge in [0.1, 0.15) is 22.3 Å². The maximum Gasteiger partial charge on any atom is 0.242 e. The van der Waals surface area contributed by atoms with Crippen molar-refractivity contribution in [2.75, 3.05) is 6.54 Å². The number of nitrogens with two attached hydrogens (primary N) is 1. The quantitative estimate of drug-likeness (QED) is 0.686. The lowest BCUT2D eigenvalue weighted by atomic mass is 10.2. The average molecular weight is 287 g/mol. The van der Waals surface area contributed by atoms with Crippen molar-refractivity contribution in [1.82, 2.24) is 4.72 Å². The molecule has 0 amide bonds. The van der Waals surface area contributed by atoms with Gasteiger partial charge in [-0.1, -0.05) is 6.07 Å². The smallest absolute Gasteiger partial charge is 0.242 e.